The molecule has 0 saturated carbocycles. The second-order valence-electron chi connectivity index (χ2n) is 4.54. The second kappa shape index (κ2) is 5.50. The number of piperidine rings is 1. The third-order valence-electron chi connectivity index (χ3n) is 3.25. The van der Waals surface area contributed by atoms with Gasteiger partial charge in [0.05, 0.1) is 0 Å². The summed E-state index contributed by atoms with van der Waals surface area (Å²) < 4.78 is 37.9. The highest BCUT2D eigenvalue weighted by atomic mass is 35.5. The molecule has 4 nitrogen and oxygen atoms in total. The molecule has 0 spiro atoms. The van der Waals surface area contributed by atoms with Gasteiger partial charge in [-0.2, -0.15) is 13.2 Å². The monoisotopic (exact) mass is 294 g/mol. The summed E-state index contributed by atoms with van der Waals surface area (Å²) in [7, 11) is 0. The molecule has 0 radical (unpaired) electrons. The van der Waals surface area contributed by atoms with Crippen LogP contribution in [0.25, 0.3) is 0 Å². The van der Waals surface area contributed by atoms with E-state index in [4.69, 9.17) is 17.3 Å². The Balaban J connectivity index is 2.19. The van der Waals surface area contributed by atoms with Gasteiger partial charge in [0, 0.05) is 19.2 Å². The van der Waals surface area contributed by atoms with Crippen LogP contribution in [0.1, 0.15) is 18.5 Å². The topological polar surface area (TPSA) is 55.0 Å². The molecule has 1 aromatic heterocycles. The van der Waals surface area contributed by atoms with Crippen molar-refractivity contribution in [1.82, 2.24) is 9.97 Å². The van der Waals surface area contributed by atoms with E-state index < -0.39 is 11.9 Å². The van der Waals surface area contributed by atoms with E-state index in [0.717, 1.165) is 18.9 Å². The smallest absolute Gasteiger partial charge is 0.356 e. The third-order valence-corrected chi connectivity index (χ3v) is 3.42. The van der Waals surface area contributed by atoms with Gasteiger partial charge in [0.15, 0.2) is 5.69 Å². The Morgan fingerprint density at radius 2 is 1.95 bits per heavy atom. The Bertz CT molecular complexity index is 444. The van der Waals surface area contributed by atoms with Crippen LogP contribution in [0.2, 0.25) is 5.28 Å². The number of hydrogen-bond donors (Lipinski definition) is 1. The van der Waals surface area contributed by atoms with Gasteiger partial charge in [-0.1, -0.05) is 0 Å². The summed E-state index contributed by atoms with van der Waals surface area (Å²) in [6, 6.07) is 0.939. The number of nitrogens with zero attached hydrogens (tertiary/aromatic N) is 3. The van der Waals surface area contributed by atoms with Crippen LogP contribution in [0.15, 0.2) is 6.07 Å². The van der Waals surface area contributed by atoms with Gasteiger partial charge in [-0.05, 0) is 36.9 Å². The fourth-order valence-corrected chi connectivity index (χ4v) is 2.29. The minimum absolute atomic E-state index is 0.225. The lowest BCUT2D eigenvalue weighted by Crippen LogP contribution is -2.36. The van der Waals surface area contributed by atoms with Gasteiger partial charge in [0.1, 0.15) is 5.82 Å². The van der Waals surface area contributed by atoms with Crippen molar-refractivity contribution in [3.05, 3.63) is 17.0 Å². The molecule has 0 amide bonds. The molecule has 0 aliphatic carbocycles. The van der Waals surface area contributed by atoms with Crippen molar-refractivity contribution in [3.63, 3.8) is 0 Å². The summed E-state index contributed by atoms with van der Waals surface area (Å²) in [5.41, 5.74) is 4.57. The van der Waals surface area contributed by atoms with Crippen molar-refractivity contribution >= 4 is 17.4 Å². The Hall–Kier alpha value is -1.08. The molecule has 106 valence electrons. The number of halogens is 4. The van der Waals surface area contributed by atoms with E-state index in [1.54, 1.807) is 4.90 Å². The van der Waals surface area contributed by atoms with Crippen LogP contribution >= 0.6 is 11.6 Å². The van der Waals surface area contributed by atoms with E-state index in [1.807, 2.05) is 0 Å². The van der Waals surface area contributed by atoms with Crippen LogP contribution in [-0.2, 0) is 6.18 Å². The largest absolute Gasteiger partial charge is 0.433 e. The molecule has 0 atom stereocenters. The Kier molecular flexibility index (Phi) is 4.15. The number of alkyl halides is 3. The first-order valence-electron chi connectivity index (χ1n) is 5.97. The quantitative estimate of drug-likeness (QED) is 0.851. The molecule has 0 bridgehead atoms. The van der Waals surface area contributed by atoms with Crippen molar-refractivity contribution in [2.75, 3.05) is 24.5 Å². The van der Waals surface area contributed by atoms with Gasteiger partial charge in [0.2, 0.25) is 5.28 Å². The lowest BCUT2D eigenvalue weighted by atomic mass is 9.97. The lowest BCUT2D eigenvalue weighted by Gasteiger charge is -2.32. The summed E-state index contributed by atoms with van der Waals surface area (Å²) in [4.78, 5) is 8.87. The second-order valence-corrected chi connectivity index (χ2v) is 4.88. The number of nitrogens with two attached hydrogens (primary N) is 1. The zero-order chi connectivity index (χ0) is 14.0. The minimum atomic E-state index is -4.52. The van der Waals surface area contributed by atoms with Crippen LogP contribution < -0.4 is 10.6 Å². The molecular formula is C11H14ClF3N4. The molecule has 1 aliphatic rings. The maximum atomic E-state index is 12.6. The van der Waals surface area contributed by atoms with Gasteiger partial charge < -0.3 is 10.6 Å². The number of rotatable bonds is 2. The predicted molar refractivity (Wildman–Crippen MR) is 66.0 cm³/mol. The Morgan fingerprint density at radius 3 is 2.47 bits per heavy atom. The molecule has 1 aliphatic heterocycles. The molecule has 2 heterocycles. The molecule has 1 aromatic rings. The van der Waals surface area contributed by atoms with Crippen LogP contribution in [-0.4, -0.2) is 29.6 Å². The predicted octanol–water partition coefficient (Wildman–Crippen LogP) is 2.32. The average molecular weight is 295 g/mol. The standard InChI is InChI=1S/C11H14ClF3N4/c12-10-17-8(11(13,14)15)5-9(18-10)19-3-1-7(6-16)2-4-19/h5,7H,1-4,6,16H2. The first-order valence-corrected chi connectivity index (χ1v) is 6.34. The molecular weight excluding hydrogens is 281 g/mol. The van der Waals surface area contributed by atoms with Crippen LogP contribution in [0.4, 0.5) is 19.0 Å². The van der Waals surface area contributed by atoms with Gasteiger partial charge >= 0.3 is 6.18 Å². The maximum absolute atomic E-state index is 12.6. The number of aromatic nitrogens is 2. The van der Waals surface area contributed by atoms with Crippen LogP contribution in [0.3, 0.4) is 0 Å². The number of hydrogen-bond acceptors (Lipinski definition) is 4. The highest BCUT2D eigenvalue weighted by molar-refractivity contribution is 6.28. The molecule has 0 aromatic carbocycles. The molecule has 0 unspecified atom stereocenters. The van der Waals surface area contributed by atoms with Gasteiger partial charge in [-0.3, -0.25) is 0 Å². The zero-order valence-electron chi connectivity index (χ0n) is 10.1. The fourth-order valence-electron chi connectivity index (χ4n) is 2.11. The molecule has 1 saturated heterocycles. The lowest BCUT2D eigenvalue weighted by molar-refractivity contribution is -0.141. The zero-order valence-corrected chi connectivity index (χ0v) is 10.9. The molecule has 2 N–H and O–H groups in total. The maximum Gasteiger partial charge on any atom is 0.433 e. The number of anilines is 1. The summed E-state index contributed by atoms with van der Waals surface area (Å²) in [6.07, 6.45) is -2.82. The molecule has 2 rings (SSSR count). The van der Waals surface area contributed by atoms with Gasteiger partial charge in [-0.25, -0.2) is 9.97 Å². The highest BCUT2D eigenvalue weighted by Crippen LogP contribution is 2.31. The van der Waals surface area contributed by atoms with Crippen molar-refractivity contribution in [3.8, 4) is 0 Å². The van der Waals surface area contributed by atoms with E-state index in [-0.39, 0.29) is 11.1 Å². The van der Waals surface area contributed by atoms with Gasteiger partial charge in [-0.15, -0.1) is 0 Å². The normalized spacial score (nSPS) is 17.8. The highest BCUT2D eigenvalue weighted by Gasteiger charge is 2.34. The van der Waals surface area contributed by atoms with Crippen LogP contribution in [0, 0.1) is 5.92 Å². The van der Waals surface area contributed by atoms with Crippen molar-refractivity contribution in [2.45, 2.75) is 19.0 Å². The van der Waals surface area contributed by atoms with Gasteiger partial charge in [0.25, 0.3) is 0 Å². The van der Waals surface area contributed by atoms with Crippen LogP contribution in [0.5, 0.6) is 0 Å². The summed E-state index contributed by atoms with van der Waals surface area (Å²) in [5.74, 6) is 0.651. The van der Waals surface area contributed by atoms with E-state index in [2.05, 4.69) is 9.97 Å². The van der Waals surface area contributed by atoms with E-state index in [0.29, 0.717) is 25.6 Å². The molecule has 19 heavy (non-hydrogen) atoms. The average Bonchev–Trinajstić information content (AvgIpc) is 2.37. The van der Waals surface area contributed by atoms with Crippen molar-refractivity contribution < 1.29 is 13.2 Å². The van der Waals surface area contributed by atoms with E-state index >= 15 is 0 Å². The van der Waals surface area contributed by atoms with E-state index in [9.17, 15) is 13.2 Å². The fraction of sp³-hybridized carbons (Fsp3) is 0.636. The molecule has 1 fully saturated rings. The summed E-state index contributed by atoms with van der Waals surface area (Å²) >= 11 is 5.56. The first kappa shape index (κ1) is 14.3. The van der Waals surface area contributed by atoms with Crippen molar-refractivity contribution in [1.29, 1.82) is 0 Å². The Labute approximate surface area is 113 Å². The van der Waals surface area contributed by atoms with Crippen molar-refractivity contribution in [2.24, 2.45) is 11.7 Å². The van der Waals surface area contributed by atoms with E-state index in [1.165, 1.54) is 0 Å². The Morgan fingerprint density at radius 1 is 1.32 bits per heavy atom. The summed E-state index contributed by atoms with van der Waals surface area (Å²) in [6.45, 7) is 1.87. The SMILES string of the molecule is NCC1CCN(c2cc(C(F)(F)F)nc(Cl)n2)CC1. The molecule has 8 heteroatoms. The summed E-state index contributed by atoms with van der Waals surface area (Å²) in [5, 5.41) is -0.384. The third kappa shape index (κ3) is 3.48. The first-order chi connectivity index (χ1) is 8.90. The minimum Gasteiger partial charge on any atom is -0.356 e.